The number of pyridine rings is 2. The van der Waals surface area contributed by atoms with Crippen LogP contribution in [-0.2, 0) is 9.84 Å². The number of carbonyl (C=O) groups is 4. The molecule has 0 radical (unpaired) electrons. The zero-order chi connectivity index (χ0) is 48.2. The van der Waals surface area contributed by atoms with Crippen LogP contribution in [0.25, 0.3) is 0 Å². The van der Waals surface area contributed by atoms with Gasteiger partial charge in [0.15, 0.2) is 21.8 Å². The Kier molecular flexibility index (Phi) is 15.7. The predicted octanol–water partition coefficient (Wildman–Crippen LogP) is 10.4. The summed E-state index contributed by atoms with van der Waals surface area (Å²) in [7, 11) is -0.789. The largest absolute Gasteiger partial charge is 0.496 e. The Morgan fingerprint density at radius 3 is 1.54 bits per heavy atom. The SMILES string of the molecule is COc1ccccc1C(=O)c1cc(C)ccc1NC(=O)Nc1ncc(S(=O)(=O)c2ccncc2)s1.COc1ccccc1C(=O)c1cc(C)ccc1NC(=O)Nc1ncc(Sc2ccncc2)s1. The number of rotatable bonds is 14. The van der Waals surface area contributed by atoms with Crippen LogP contribution in [0.15, 0.2) is 165 Å². The number of aryl methyl sites for hydroxylation is 2. The fourth-order valence-corrected chi connectivity index (χ4v) is 10.6. The third-order valence-corrected chi connectivity index (χ3v) is 14.7. The van der Waals surface area contributed by atoms with Gasteiger partial charge >= 0.3 is 12.1 Å². The summed E-state index contributed by atoms with van der Waals surface area (Å²) < 4.78 is 37.0. The quantitative estimate of drug-likeness (QED) is 0.0746. The van der Waals surface area contributed by atoms with Crippen molar-refractivity contribution in [1.82, 2.24) is 19.9 Å². The van der Waals surface area contributed by atoms with E-state index in [1.165, 1.54) is 68.0 Å². The Labute approximate surface area is 403 Å². The van der Waals surface area contributed by atoms with Gasteiger partial charge in [-0.25, -0.2) is 28.0 Å². The highest BCUT2D eigenvalue weighted by Crippen LogP contribution is 2.34. The van der Waals surface area contributed by atoms with E-state index in [2.05, 4.69) is 41.2 Å². The molecule has 0 unspecified atom stereocenters. The van der Waals surface area contributed by atoms with Crippen molar-refractivity contribution in [3.05, 3.63) is 180 Å². The first-order chi connectivity index (χ1) is 32.8. The van der Waals surface area contributed by atoms with Crippen molar-refractivity contribution in [2.24, 2.45) is 0 Å². The molecule has 20 heteroatoms. The number of ether oxygens (including phenoxy) is 2. The second-order valence-corrected chi connectivity index (χ2v) is 19.9. The number of urea groups is 2. The first-order valence-electron chi connectivity index (χ1n) is 20.2. The van der Waals surface area contributed by atoms with Gasteiger partial charge in [-0.05, 0) is 86.6 Å². The minimum atomic E-state index is -3.79. The van der Waals surface area contributed by atoms with Gasteiger partial charge in [-0.2, -0.15) is 0 Å². The third kappa shape index (κ3) is 12.0. The lowest BCUT2D eigenvalue weighted by molar-refractivity contribution is 0.102. The highest BCUT2D eigenvalue weighted by atomic mass is 32.2. The average molecular weight is 985 g/mol. The van der Waals surface area contributed by atoms with E-state index < -0.39 is 21.9 Å². The van der Waals surface area contributed by atoms with Crippen molar-refractivity contribution >= 4 is 89.5 Å². The molecule has 0 atom stereocenters. The van der Waals surface area contributed by atoms with Crippen LogP contribution in [0.1, 0.15) is 43.0 Å². The highest BCUT2D eigenvalue weighted by molar-refractivity contribution is 8.01. The van der Waals surface area contributed by atoms with Gasteiger partial charge in [0.2, 0.25) is 9.84 Å². The summed E-state index contributed by atoms with van der Waals surface area (Å²) >= 11 is 3.71. The maximum absolute atomic E-state index is 13.3. The molecule has 68 heavy (non-hydrogen) atoms. The van der Waals surface area contributed by atoms with Crippen LogP contribution in [0.3, 0.4) is 0 Å². The monoisotopic (exact) mass is 984 g/mol. The van der Waals surface area contributed by atoms with E-state index in [0.717, 1.165) is 31.6 Å². The molecule has 0 aliphatic carbocycles. The van der Waals surface area contributed by atoms with Crippen molar-refractivity contribution in [2.45, 2.75) is 32.1 Å². The van der Waals surface area contributed by atoms with Crippen LogP contribution in [0.2, 0.25) is 0 Å². The molecule has 0 fully saturated rings. The number of anilines is 4. The fourth-order valence-electron chi connectivity index (χ4n) is 6.33. The van der Waals surface area contributed by atoms with Crippen LogP contribution < -0.4 is 30.7 Å². The van der Waals surface area contributed by atoms with Gasteiger partial charge in [-0.15, -0.1) is 0 Å². The van der Waals surface area contributed by atoms with E-state index in [1.54, 1.807) is 97.5 Å². The number of nitrogens with one attached hydrogen (secondary N) is 4. The number of hydrogen-bond donors (Lipinski definition) is 4. The molecule has 4 aromatic carbocycles. The lowest BCUT2D eigenvalue weighted by atomic mass is 9.99. The molecule has 0 saturated carbocycles. The second-order valence-electron chi connectivity index (χ2n) is 14.3. The Bertz CT molecular complexity index is 3220. The number of benzene rings is 4. The summed E-state index contributed by atoms with van der Waals surface area (Å²) in [6.07, 6.45) is 9.09. The third-order valence-electron chi connectivity index (χ3n) is 9.54. The van der Waals surface area contributed by atoms with Gasteiger partial charge in [0.25, 0.3) is 0 Å². The molecule has 4 heterocycles. The first-order valence-corrected chi connectivity index (χ1v) is 24.1. The van der Waals surface area contributed by atoms with Gasteiger partial charge in [0.1, 0.15) is 15.7 Å². The van der Waals surface area contributed by atoms with Gasteiger partial charge in [-0.1, -0.05) is 82.0 Å². The van der Waals surface area contributed by atoms with Crippen LogP contribution in [0.4, 0.5) is 31.2 Å². The number of ketones is 2. The Hall–Kier alpha value is -7.78. The summed E-state index contributed by atoms with van der Waals surface area (Å²) in [5.74, 6) is 0.333. The van der Waals surface area contributed by atoms with E-state index in [1.807, 2.05) is 32.0 Å². The van der Waals surface area contributed by atoms with Crippen molar-refractivity contribution < 1.29 is 37.1 Å². The summed E-state index contributed by atoms with van der Waals surface area (Å²) in [5, 5.41) is 11.2. The molecule has 4 N–H and O–H groups in total. The molecule has 4 aromatic heterocycles. The van der Waals surface area contributed by atoms with Gasteiger partial charge in [-0.3, -0.25) is 30.2 Å². The molecule has 0 spiro atoms. The molecule has 16 nitrogen and oxygen atoms in total. The van der Waals surface area contributed by atoms with E-state index in [-0.39, 0.29) is 37.1 Å². The zero-order valence-electron chi connectivity index (χ0n) is 36.5. The average Bonchev–Trinajstić information content (AvgIpc) is 4.02. The maximum Gasteiger partial charge on any atom is 0.325 e. The number of thiazole rings is 2. The Morgan fingerprint density at radius 2 is 1.03 bits per heavy atom. The summed E-state index contributed by atoms with van der Waals surface area (Å²) in [5.41, 5.74) is 3.85. The molecular weight excluding hydrogens is 945 g/mol. The number of sulfone groups is 1. The number of hydrogen-bond acceptors (Lipinski definition) is 15. The lowest BCUT2D eigenvalue weighted by Crippen LogP contribution is -2.21. The molecule has 344 valence electrons. The number of methoxy groups -OCH3 is 2. The van der Waals surface area contributed by atoms with Gasteiger partial charge < -0.3 is 20.1 Å². The molecule has 0 saturated heterocycles. The molecule has 0 bridgehead atoms. The number of nitrogens with zero attached hydrogens (tertiary/aromatic N) is 4. The smallest absolute Gasteiger partial charge is 0.325 e. The van der Waals surface area contributed by atoms with E-state index >= 15 is 0 Å². The number of aromatic nitrogens is 4. The van der Waals surface area contributed by atoms with Crippen LogP contribution in [0, 0.1) is 13.8 Å². The minimum Gasteiger partial charge on any atom is -0.496 e. The Morgan fingerprint density at radius 1 is 0.559 bits per heavy atom. The van der Waals surface area contributed by atoms with Crippen LogP contribution >= 0.6 is 34.4 Å². The highest BCUT2D eigenvalue weighted by Gasteiger charge is 2.24. The predicted molar refractivity (Wildman–Crippen MR) is 263 cm³/mol. The van der Waals surface area contributed by atoms with Crippen LogP contribution in [-0.4, -0.2) is 66.2 Å². The number of carbonyl (C=O) groups excluding carboxylic acids is 4. The summed E-state index contributed by atoms with van der Waals surface area (Å²) in [4.78, 5) is 69.0. The topological polar surface area (TPSA) is 221 Å². The second kappa shape index (κ2) is 22.1. The van der Waals surface area contributed by atoms with E-state index in [0.29, 0.717) is 39.0 Å². The lowest BCUT2D eigenvalue weighted by Gasteiger charge is -2.13. The van der Waals surface area contributed by atoms with E-state index in [4.69, 9.17) is 9.47 Å². The first kappa shape index (κ1) is 48.2. The normalized spacial score (nSPS) is 10.8. The van der Waals surface area contributed by atoms with Crippen molar-refractivity contribution in [3.63, 3.8) is 0 Å². The minimum absolute atomic E-state index is 0.0265. The standard InChI is InChI=1S/C24H20N4O5S2.C24H20N4O3S2/c1-15-7-8-19(18(13-15)22(29)17-5-3-4-6-20(17)33-2)27-23(30)28-24-26-14-21(34-24)35(31,32)16-9-11-25-12-10-16;1-15-7-8-19(18(13-15)22(29)17-5-3-4-6-20(17)31-2)27-23(30)28-24-26-14-21(33-24)32-16-9-11-25-12-10-16/h3-14H,1-2H3,(H2,26,27,28,30);3-14H,1-2H3,(H2,26,27,28,30). The molecule has 4 amide bonds. The van der Waals surface area contributed by atoms with Crippen molar-refractivity contribution in [2.75, 3.05) is 35.5 Å². The van der Waals surface area contributed by atoms with Crippen molar-refractivity contribution in [1.29, 1.82) is 0 Å². The fraction of sp³-hybridized carbons (Fsp3) is 0.0833. The number of para-hydroxylation sites is 2. The summed E-state index contributed by atoms with van der Waals surface area (Å²) in [6, 6.07) is 29.6. The Balaban J connectivity index is 0.000000202. The molecule has 8 rings (SSSR count). The van der Waals surface area contributed by atoms with Gasteiger partial charge in [0.05, 0.1) is 58.2 Å². The molecule has 8 aromatic rings. The molecule has 0 aliphatic rings. The summed E-state index contributed by atoms with van der Waals surface area (Å²) in [6.45, 7) is 3.73. The van der Waals surface area contributed by atoms with Gasteiger partial charge in [0, 0.05) is 40.8 Å². The zero-order valence-corrected chi connectivity index (χ0v) is 39.8. The number of amides is 4. The maximum atomic E-state index is 13.3. The molecular formula is C48H40N8O8S4. The van der Waals surface area contributed by atoms with Crippen molar-refractivity contribution in [3.8, 4) is 11.5 Å². The van der Waals surface area contributed by atoms with Crippen LogP contribution in [0.5, 0.6) is 11.5 Å². The molecule has 0 aliphatic heterocycles. The van der Waals surface area contributed by atoms with E-state index in [9.17, 15) is 27.6 Å².